The Hall–Kier alpha value is -3.64. The maximum absolute atomic E-state index is 13.0. The van der Waals surface area contributed by atoms with Crippen molar-refractivity contribution in [2.75, 3.05) is 13.2 Å². The number of nitrogens with zero attached hydrogens (tertiary/aromatic N) is 1. The number of cyclic esters (lactones) is 1. The Morgan fingerprint density at radius 2 is 1.58 bits per heavy atom. The molecule has 3 heterocycles. The molecule has 0 radical (unpaired) electrons. The van der Waals surface area contributed by atoms with Crippen LogP contribution in [-0.2, 0) is 54.0 Å². The monoisotopic (exact) mass is 551 g/mol. The molecule has 0 bridgehead atoms. The molecule has 1 aromatic carbocycles. The van der Waals surface area contributed by atoms with Gasteiger partial charge in [-0.1, -0.05) is 11.6 Å². The van der Waals surface area contributed by atoms with Gasteiger partial charge in [0.1, 0.15) is 18.4 Å². The number of carbonyl (C=O) groups is 5. The van der Waals surface area contributed by atoms with Gasteiger partial charge in [-0.25, -0.2) is 4.79 Å². The van der Waals surface area contributed by atoms with E-state index in [0.29, 0.717) is 27.9 Å². The highest BCUT2D eigenvalue weighted by Gasteiger charge is 2.54. The van der Waals surface area contributed by atoms with E-state index in [1.807, 2.05) is 0 Å². The molecule has 0 amide bonds. The van der Waals surface area contributed by atoms with Crippen molar-refractivity contribution < 1.29 is 52.4 Å². The molecule has 13 heteroatoms. The number of hydrogen-bond acceptors (Lipinski definition) is 11. The first kappa shape index (κ1) is 27.4. The van der Waals surface area contributed by atoms with E-state index >= 15 is 0 Å². The van der Waals surface area contributed by atoms with Crippen LogP contribution in [0.25, 0.3) is 10.9 Å². The number of halogens is 1. The number of benzene rings is 1. The molecule has 2 aliphatic heterocycles. The number of rotatable bonds is 6. The van der Waals surface area contributed by atoms with Crippen molar-refractivity contribution in [1.29, 1.82) is 0 Å². The molecule has 0 unspecified atom stereocenters. The Bertz CT molecular complexity index is 1300. The molecule has 5 atom stereocenters. The summed E-state index contributed by atoms with van der Waals surface area (Å²) in [6, 6.07) is 4.97. The molecule has 1 fully saturated rings. The second kappa shape index (κ2) is 11.0. The third-order valence-electron chi connectivity index (χ3n) is 6.07. The summed E-state index contributed by atoms with van der Waals surface area (Å²) >= 11 is 6.25. The molecule has 4 rings (SSSR count). The second-order valence-electron chi connectivity index (χ2n) is 8.83. The van der Waals surface area contributed by atoms with Gasteiger partial charge >= 0.3 is 29.8 Å². The van der Waals surface area contributed by atoms with Crippen LogP contribution < -0.4 is 0 Å². The largest absolute Gasteiger partial charge is 0.463 e. The number of aromatic nitrogens is 1. The molecule has 2 aliphatic rings. The number of carbonyl (C=O) groups excluding carboxylic acids is 5. The third-order valence-corrected chi connectivity index (χ3v) is 6.30. The van der Waals surface area contributed by atoms with E-state index in [0.717, 1.165) is 20.8 Å². The van der Waals surface area contributed by atoms with Crippen molar-refractivity contribution in [3.63, 3.8) is 0 Å². The van der Waals surface area contributed by atoms with Gasteiger partial charge in [0.25, 0.3) is 0 Å². The zero-order valence-corrected chi connectivity index (χ0v) is 21.8. The SMILES string of the molecule is CC(=O)OC[C@H]1O[C@@H](n2c3c(c4cc(Cl)ccc42)CCOC3=O)[C@H](OC(C)=O)[C@@H](OC(C)=O)[C@@H]1OC(C)=O. The van der Waals surface area contributed by atoms with E-state index in [9.17, 15) is 24.0 Å². The van der Waals surface area contributed by atoms with Crippen molar-refractivity contribution in [3.05, 3.63) is 34.5 Å². The Balaban J connectivity index is 1.95. The summed E-state index contributed by atoms with van der Waals surface area (Å²) in [7, 11) is 0. The van der Waals surface area contributed by atoms with Crippen LogP contribution >= 0.6 is 11.6 Å². The summed E-state index contributed by atoms with van der Waals surface area (Å²) in [5.41, 5.74) is 1.28. The minimum absolute atomic E-state index is 0.134. The molecular weight excluding hydrogens is 526 g/mol. The number of hydrogen-bond donors (Lipinski definition) is 0. The van der Waals surface area contributed by atoms with Crippen LogP contribution in [0.15, 0.2) is 18.2 Å². The molecule has 1 aromatic heterocycles. The van der Waals surface area contributed by atoms with Crippen LogP contribution in [0.3, 0.4) is 0 Å². The minimum atomic E-state index is -1.39. The molecule has 0 saturated carbocycles. The van der Waals surface area contributed by atoms with Crippen LogP contribution in [-0.4, -0.2) is 72.0 Å². The smallest absolute Gasteiger partial charge is 0.355 e. The van der Waals surface area contributed by atoms with E-state index in [2.05, 4.69) is 0 Å². The first-order chi connectivity index (χ1) is 18.0. The maximum atomic E-state index is 13.0. The lowest BCUT2D eigenvalue weighted by molar-refractivity contribution is -0.267. The molecule has 38 heavy (non-hydrogen) atoms. The summed E-state index contributed by atoms with van der Waals surface area (Å²) in [5.74, 6) is -3.55. The van der Waals surface area contributed by atoms with Crippen LogP contribution in [0.4, 0.5) is 0 Å². The van der Waals surface area contributed by atoms with Gasteiger partial charge in [0.15, 0.2) is 24.5 Å². The Kier molecular flexibility index (Phi) is 7.93. The maximum Gasteiger partial charge on any atom is 0.355 e. The van der Waals surface area contributed by atoms with E-state index in [1.54, 1.807) is 18.2 Å². The van der Waals surface area contributed by atoms with Gasteiger partial charge in [0, 0.05) is 44.5 Å². The summed E-state index contributed by atoms with van der Waals surface area (Å²) < 4.78 is 34.7. The van der Waals surface area contributed by atoms with E-state index < -0.39 is 67.1 Å². The predicted molar refractivity (Wildman–Crippen MR) is 128 cm³/mol. The number of fused-ring (bicyclic) bond motifs is 3. The third kappa shape index (κ3) is 5.46. The average Bonchev–Trinajstić information content (AvgIpc) is 3.14. The zero-order valence-electron chi connectivity index (χ0n) is 21.1. The van der Waals surface area contributed by atoms with Gasteiger partial charge in [0.2, 0.25) is 0 Å². The molecular formula is C25H26ClNO11. The van der Waals surface area contributed by atoms with Gasteiger partial charge in [-0.15, -0.1) is 0 Å². The zero-order chi connectivity index (χ0) is 27.7. The fourth-order valence-electron chi connectivity index (χ4n) is 4.82. The highest BCUT2D eigenvalue weighted by atomic mass is 35.5. The molecule has 12 nitrogen and oxygen atoms in total. The lowest BCUT2D eigenvalue weighted by atomic mass is 9.96. The fourth-order valence-corrected chi connectivity index (χ4v) is 4.99. The lowest BCUT2D eigenvalue weighted by Gasteiger charge is -2.45. The van der Waals surface area contributed by atoms with Gasteiger partial charge in [0.05, 0.1) is 12.1 Å². The van der Waals surface area contributed by atoms with Crippen molar-refractivity contribution >= 4 is 52.4 Å². The van der Waals surface area contributed by atoms with Crippen molar-refractivity contribution in [2.24, 2.45) is 0 Å². The topological polar surface area (TPSA) is 146 Å². The quantitative estimate of drug-likeness (QED) is 0.385. The van der Waals surface area contributed by atoms with Crippen molar-refractivity contribution in [2.45, 2.75) is 64.8 Å². The summed E-state index contributed by atoms with van der Waals surface area (Å²) in [5, 5.41) is 1.08. The van der Waals surface area contributed by atoms with Crippen LogP contribution in [0.5, 0.6) is 0 Å². The van der Waals surface area contributed by atoms with E-state index in [-0.39, 0.29) is 12.3 Å². The summed E-state index contributed by atoms with van der Waals surface area (Å²) in [6.07, 6.45) is -6.19. The predicted octanol–water partition coefficient (Wildman–Crippen LogP) is 2.26. The van der Waals surface area contributed by atoms with Crippen LogP contribution in [0.1, 0.15) is 50.0 Å². The summed E-state index contributed by atoms with van der Waals surface area (Å²) in [4.78, 5) is 61.0. The van der Waals surface area contributed by atoms with Gasteiger partial charge in [-0.05, 0) is 23.8 Å². The molecule has 1 saturated heterocycles. The molecule has 204 valence electrons. The van der Waals surface area contributed by atoms with Gasteiger partial charge in [-0.2, -0.15) is 0 Å². The molecule has 0 N–H and O–H groups in total. The Morgan fingerprint density at radius 3 is 2.21 bits per heavy atom. The van der Waals surface area contributed by atoms with Crippen molar-refractivity contribution in [3.8, 4) is 0 Å². The van der Waals surface area contributed by atoms with E-state index in [1.165, 1.54) is 11.5 Å². The average molecular weight is 552 g/mol. The van der Waals surface area contributed by atoms with Crippen molar-refractivity contribution in [1.82, 2.24) is 4.57 Å². The first-order valence-corrected chi connectivity index (χ1v) is 12.2. The normalized spacial score (nSPS) is 24.7. The van der Waals surface area contributed by atoms with Crippen LogP contribution in [0, 0.1) is 0 Å². The minimum Gasteiger partial charge on any atom is -0.463 e. The van der Waals surface area contributed by atoms with Gasteiger partial charge < -0.3 is 33.0 Å². The number of esters is 5. The fraction of sp³-hybridized carbons (Fsp3) is 0.480. The molecule has 0 aliphatic carbocycles. The van der Waals surface area contributed by atoms with Gasteiger partial charge in [-0.3, -0.25) is 19.2 Å². The highest BCUT2D eigenvalue weighted by molar-refractivity contribution is 6.31. The standard InChI is InChI=1S/C25H26ClNO11/c1-11(28)34-10-19-21(35-12(2)29)22(36-13(3)30)23(37-14(4)31)24(38-19)27-18-6-5-15(26)9-17(18)16-7-8-33-25(32)20(16)27/h5-6,9,19,21-24H,7-8,10H2,1-4H3/t19-,21-,22+,23-,24-/m1/s1. The lowest BCUT2D eigenvalue weighted by Crippen LogP contribution is -2.60. The summed E-state index contributed by atoms with van der Waals surface area (Å²) in [6.45, 7) is 4.35. The first-order valence-electron chi connectivity index (χ1n) is 11.8. The number of ether oxygens (including phenoxy) is 6. The second-order valence-corrected chi connectivity index (χ2v) is 9.27. The molecule has 0 spiro atoms. The Labute approximate surface area is 222 Å². The Morgan fingerprint density at radius 1 is 0.947 bits per heavy atom. The highest BCUT2D eigenvalue weighted by Crippen LogP contribution is 2.41. The van der Waals surface area contributed by atoms with E-state index in [4.69, 9.17) is 40.0 Å². The van der Waals surface area contributed by atoms with Crippen LogP contribution in [0.2, 0.25) is 5.02 Å². The molecule has 2 aromatic rings.